The van der Waals surface area contributed by atoms with Crippen molar-refractivity contribution in [2.45, 2.75) is 78.2 Å². The molecule has 4 aliphatic rings. The van der Waals surface area contributed by atoms with Crippen molar-refractivity contribution in [2.24, 2.45) is 34.5 Å². The minimum absolute atomic E-state index is 0.0705. The highest BCUT2D eigenvalue weighted by Crippen LogP contribution is 2.68. The summed E-state index contributed by atoms with van der Waals surface area (Å²) >= 11 is 0. The van der Waals surface area contributed by atoms with Crippen LogP contribution in [0.3, 0.4) is 0 Å². The van der Waals surface area contributed by atoms with Gasteiger partial charge in [0.05, 0.1) is 0 Å². The predicted octanol–water partition coefficient (Wildman–Crippen LogP) is 4.52. The fourth-order valence-electron chi connectivity index (χ4n) is 7.41. The maximum absolute atomic E-state index is 12.0. The summed E-state index contributed by atoms with van der Waals surface area (Å²) in [5, 5.41) is 11.3. The molecule has 0 saturated heterocycles. The Morgan fingerprint density at radius 2 is 1.88 bits per heavy atom. The van der Waals surface area contributed by atoms with Crippen molar-refractivity contribution in [3.63, 3.8) is 0 Å². The summed E-state index contributed by atoms with van der Waals surface area (Å²) in [4.78, 5) is 12.0. The number of fused-ring (bicyclic) bond motifs is 5. The average Bonchev–Trinajstić information content (AvgIpc) is 2.82. The molecule has 0 amide bonds. The SMILES string of the molecule is CC#C[C@@]1(O)CC[C@H]2[C@@H]3CC(C)C4=CC(=O)CC[C@]4(C)[C@H]3CC[C@@]21C. The van der Waals surface area contributed by atoms with Crippen molar-refractivity contribution in [1.29, 1.82) is 0 Å². The first-order valence-corrected chi connectivity index (χ1v) is 10.2. The first-order chi connectivity index (χ1) is 11.7. The number of carbonyl (C=O) groups is 1. The normalized spacial score (nSPS) is 51.6. The highest BCUT2D eigenvalue weighted by Gasteiger charge is 2.64. The monoisotopic (exact) mass is 340 g/mol. The van der Waals surface area contributed by atoms with Crippen LogP contribution >= 0.6 is 0 Å². The largest absolute Gasteiger partial charge is 0.377 e. The van der Waals surface area contributed by atoms with E-state index in [0.29, 0.717) is 35.9 Å². The van der Waals surface area contributed by atoms with E-state index in [1.54, 1.807) is 0 Å². The van der Waals surface area contributed by atoms with Gasteiger partial charge in [0, 0.05) is 11.8 Å². The van der Waals surface area contributed by atoms with E-state index in [-0.39, 0.29) is 10.8 Å². The highest BCUT2D eigenvalue weighted by molar-refractivity contribution is 5.91. The molecule has 0 aromatic rings. The molecule has 25 heavy (non-hydrogen) atoms. The van der Waals surface area contributed by atoms with Crippen LogP contribution in [-0.2, 0) is 4.79 Å². The lowest BCUT2D eigenvalue weighted by Crippen LogP contribution is -2.55. The van der Waals surface area contributed by atoms with E-state index in [0.717, 1.165) is 25.7 Å². The summed E-state index contributed by atoms with van der Waals surface area (Å²) < 4.78 is 0. The second-order valence-electron chi connectivity index (χ2n) is 9.73. The molecule has 4 rings (SSSR count). The van der Waals surface area contributed by atoms with Crippen molar-refractivity contribution < 1.29 is 9.90 Å². The second kappa shape index (κ2) is 5.46. The Morgan fingerprint density at radius 3 is 2.60 bits per heavy atom. The zero-order chi connectivity index (χ0) is 18.0. The first kappa shape index (κ1) is 17.3. The Labute approximate surface area is 152 Å². The summed E-state index contributed by atoms with van der Waals surface area (Å²) in [6.07, 6.45) is 9.05. The summed E-state index contributed by atoms with van der Waals surface area (Å²) in [6.45, 7) is 8.89. The average molecular weight is 341 g/mol. The van der Waals surface area contributed by atoms with Crippen LogP contribution in [0.1, 0.15) is 72.6 Å². The smallest absolute Gasteiger partial charge is 0.155 e. The first-order valence-electron chi connectivity index (χ1n) is 10.2. The molecule has 0 bridgehead atoms. The Hall–Kier alpha value is -1.07. The molecule has 2 heteroatoms. The Kier molecular flexibility index (Phi) is 3.79. The van der Waals surface area contributed by atoms with Gasteiger partial charge < -0.3 is 5.11 Å². The lowest BCUT2D eigenvalue weighted by atomic mass is 9.45. The third kappa shape index (κ3) is 2.18. The van der Waals surface area contributed by atoms with Gasteiger partial charge in [-0.3, -0.25) is 4.79 Å². The molecule has 1 unspecified atom stereocenters. The van der Waals surface area contributed by atoms with Gasteiger partial charge in [0.15, 0.2) is 5.78 Å². The molecule has 136 valence electrons. The van der Waals surface area contributed by atoms with Crippen LogP contribution in [0.5, 0.6) is 0 Å². The van der Waals surface area contributed by atoms with Crippen molar-refractivity contribution >= 4 is 5.78 Å². The zero-order valence-corrected chi connectivity index (χ0v) is 16.2. The molecule has 4 aliphatic carbocycles. The molecule has 3 fully saturated rings. The van der Waals surface area contributed by atoms with Crippen molar-refractivity contribution in [3.8, 4) is 11.8 Å². The number of aliphatic hydroxyl groups is 1. The van der Waals surface area contributed by atoms with Crippen molar-refractivity contribution in [1.82, 2.24) is 0 Å². The van der Waals surface area contributed by atoms with Crippen molar-refractivity contribution in [3.05, 3.63) is 11.6 Å². The van der Waals surface area contributed by atoms with Gasteiger partial charge in [-0.1, -0.05) is 32.3 Å². The molecular formula is C23H32O2. The lowest BCUT2D eigenvalue weighted by Gasteiger charge is -2.60. The third-order valence-corrected chi connectivity index (χ3v) is 8.76. The molecule has 0 heterocycles. The number of hydrogen-bond acceptors (Lipinski definition) is 2. The fourth-order valence-corrected chi connectivity index (χ4v) is 7.41. The van der Waals surface area contributed by atoms with Crippen molar-refractivity contribution in [2.75, 3.05) is 0 Å². The molecule has 0 aromatic carbocycles. The molecule has 0 spiro atoms. The molecule has 0 aliphatic heterocycles. The molecule has 7 atom stereocenters. The Bertz CT molecular complexity index is 695. The van der Waals surface area contributed by atoms with Gasteiger partial charge in [0.2, 0.25) is 0 Å². The summed E-state index contributed by atoms with van der Waals surface area (Å²) in [7, 11) is 0. The third-order valence-electron chi connectivity index (χ3n) is 8.76. The molecule has 3 saturated carbocycles. The second-order valence-corrected chi connectivity index (χ2v) is 9.73. The van der Waals surface area contributed by atoms with Gasteiger partial charge in [-0.2, -0.15) is 0 Å². The standard InChI is InChI=1S/C23H32O2/c1-5-9-23(25)12-8-19-17-13-15(2)20-14-16(24)6-10-21(20,3)18(17)7-11-22(19,23)4/h14-15,17-19,25H,6-8,10-13H2,1-4H3/t15?,17-,18+,19+,21-,22+,23-/m1/s1. The quantitative estimate of drug-likeness (QED) is 0.658. The number of rotatable bonds is 0. The van der Waals surface area contributed by atoms with Crippen LogP contribution in [0.15, 0.2) is 11.6 Å². The number of allylic oxidation sites excluding steroid dienone is 1. The molecule has 1 N–H and O–H groups in total. The maximum atomic E-state index is 12.0. The van der Waals surface area contributed by atoms with E-state index >= 15 is 0 Å². The van der Waals surface area contributed by atoms with Gasteiger partial charge in [-0.25, -0.2) is 0 Å². The van der Waals surface area contributed by atoms with Crippen LogP contribution in [0.25, 0.3) is 0 Å². The van der Waals surface area contributed by atoms with Gasteiger partial charge >= 0.3 is 0 Å². The molecule has 2 nitrogen and oxygen atoms in total. The van der Waals surface area contributed by atoms with Crippen LogP contribution in [0, 0.1) is 46.3 Å². The molecule has 0 aromatic heterocycles. The molecule has 0 radical (unpaired) electrons. The summed E-state index contributed by atoms with van der Waals surface area (Å²) in [5.41, 5.74) is 0.739. The Morgan fingerprint density at radius 1 is 1.16 bits per heavy atom. The number of carbonyl (C=O) groups excluding carboxylic acids is 1. The van der Waals surface area contributed by atoms with E-state index in [2.05, 4.69) is 32.6 Å². The van der Waals surface area contributed by atoms with Gasteiger partial charge in [0.25, 0.3) is 0 Å². The van der Waals surface area contributed by atoms with Crippen LogP contribution in [0.4, 0.5) is 0 Å². The number of hydrogen-bond donors (Lipinski definition) is 1. The fraction of sp³-hybridized carbons (Fsp3) is 0.783. The zero-order valence-electron chi connectivity index (χ0n) is 16.2. The summed E-state index contributed by atoms with van der Waals surface area (Å²) in [5.74, 6) is 8.90. The maximum Gasteiger partial charge on any atom is 0.155 e. The topological polar surface area (TPSA) is 37.3 Å². The highest BCUT2D eigenvalue weighted by atomic mass is 16.3. The summed E-state index contributed by atoms with van der Waals surface area (Å²) in [6, 6.07) is 0. The van der Waals surface area contributed by atoms with E-state index in [1.165, 1.54) is 18.4 Å². The van der Waals surface area contributed by atoms with Crippen LogP contribution in [0.2, 0.25) is 0 Å². The Balaban J connectivity index is 1.73. The van der Waals surface area contributed by atoms with E-state index < -0.39 is 5.60 Å². The van der Waals surface area contributed by atoms with Crippen LogP contribution in [-0.4, -0.2) is 16.5 Å². The van der Waals surface area contributed by atoms with Crippen LogP contribution < -0.4 is 0 Å². The van der Waals surface area contributed by atoms with Gasteiger partial charge in [-0.05, 0) is 80.6 Å². The predicted molar refractivity (Wildman–Crippen MR) is 99.7 cm³/mol. The van der Waals surface area contributed by atoms with E-state index in [9.17, 15) is 9.90 Å². The number of ketones is 1. The van der Waals surface area contributed by atoms with Gasteiger partial charge in [-0.15, -0.1) is 5.92 Å². The van der Waals surface area contributed by atoms with E-state index in [1.807, 2.05) is 13.0 Å². The minimum Gasteiger partial charge on any atom is -0.377 e. The van der Waals surface area contributed by atoms with Gasteiger partial charge in [0.1, 0.15) is 5.60 Å². The minimum atomic E-state index is -0.805. The lowest BCUT2D eigenvalue weighted by molar-refractivity contribution is -0.121. The van der Waals surface area contributed by atoms with E-state index in [4.69, 9.17) is 0 Å². The molecular weight excluding hydrogens is 308 g/mol.